The molecule has 1 saturated heterocycles. The molecule has 0 aliphatic carbocycles. The van der Waals surface area contributed by atoms with E-state index in [1.165, 1.54) is 16.7 Å². The third-order valence-electron chi connectivity index (χ3n) is 2.70. The van der Waals surface area contributed by atoms with Crippen molar-refractivity contribution >= 4 is 6.09 Å². The van der Waals surface area contributed by atoms with E-state index in [1.54, 1.807) is 4.90 Å². The Kier molecular flexibility index (Phi) is 2.62. The molecule has 0 unspecified atom stereocenters. The van der Waals surface area contributed by atoms with Gasteiger partial charge in [-0.25, -0.2) is 4.79 Å². The van der Waals surface area contributed by atoms with Crippen LogP contribution in [0.3, 0.4) is 0 Å². The summed E-state index contributed by atoms with van der Waals surface area (Å²) in [6, 6.07) is 6.29. The second-order valence-corrected chi connectivity index (χ2v) is 3.97. The van der Waals surface area contributed by atoms with Crippen LogP contribution in [-0.2, 0) is 11.3 Å². The molecule has 1 heterocycles. The SMILES string of the molecule is Cc1ccc(CN2CCOC2=O)c(C)c1. The quantitative estimate of drug-likeness (QED) is 0.741. The molecule has 1 aliphatic rings. The van der Waals surface area contributed by atoms with Crippen LogP contribution in [0.15, 0.2) is 18.2 Å². The van der Waals surface area contributed by atoms with E-state index in [4.69, 9.17) is 4.74 Å². The van der Waals surface area contributed by atoms with Crippen molar-refractivity contribution in [1.29, 1.82) is 0 Å². The molecule has 0 aromatic heterocycles. The number of rotatable bonds is 2. The summed E-state index contributed by atoms with van der Waals surface area (Å²) in [5.74, 6) is 0. The van der Waals surface area contributed by atoms with Gasteiger partial charge in [0.05, 0.1) is 6.54 Å². The van der Waals surface area contributed by atoms with Gasteiger partial charge in [-0.05, 0) is 25.0 Å². The number of hydrogen-bond acceptors (Lipinski definition) is 2. The lowest BCUT2D eigenvalue weighted by molar-refractivity contribution is 0.157. The van der Waals surface area contributed by atoms with Crippen molar-refractivity contribution < 1.29 is 9.53 Å². The minimum Gasteiger partial charge on any atom is -0.448 e. The maximum absolute atomic E-state index is 11.3. The van der Waals surface area contributed by atoms with Crippen molar-refractivity contribution in [3.63, 3.8) is 0 Å². The number of carbonyl (C=O) groups is 1. The Morgan fingerprint density at radius 2 is 2.20 bits per heavy atom. The molecule has 1 fully saturated rings. The van der Waals surface area contributed by atoms with Crippen molar-refractivity contribution in [2.45, 2.75) is 20.4 Å². The smallest absolute Gasteiger partial charge is 0.410 e. The second kappa shape index (κ2) is 3.93. The molecule has 1 amide bonds. The van der Waals surface area contributed by atoms with Crippen LogP contribution >= 0.6 is 0 Å². The fourth-order valence-corrected chi connectivity index (χ4v) is 1.80. The first-order valence-corrected chi connectivity index (χ1v) is 5.14. The van der Waals surface area contributed by atoms with Crippen molar-refractivity contribution in [3.8, 4) is 0 Å². The molecule has 1 aromatic rings. The number of benzene rings is 1. The van der Waals surface area contributed by atoms with Crippen molar-refractivity contribution in [2.24, 2.45) is 0 Å². The van der Waals surface area contributed by atoms with Crippen LogP contribution in [0.2, 0.25) is 0 Å². The van der Waals surface area contributed by atoms with E-state index >= 15 is 0 Å². The minimum absolute atomic E-state index is 0.199. The normalized spacial score (nSPS) is 15.6. The predicted octanol–water partition coefficient (Wildman–Crippen LogP) is 2.26. The first kappa shape index (κ1) is 10.0. The van der Waals surface area contributed by atoms with Crippen LogP contribution in [0.1, 0.15) is 16.7 Å². The third kappa shape index (κ3) is 2.12. The van der Waals surface area contributed by atoms with E-state index in [1.807, 2.05) is 0 Å². The number of carbonyl (C=O) groups excluding carboxylic acids is 1. The Morgan fingerprint density at radius 3 is 2.80 bits per heavy atom. The maximum atomic E-state index is 11.3. The van der Waals surface area contributed by atoms with Gasteiger partial charge in [0.25, 0.3) is 0 Å². The zero-order chi connectivity index (χ0) is 10.8. The van der Waals surface area contributed by atoms with E-state index in [0.717, 1.165) is 0 Å². The number of hydrogen-bond donors (Lipinski definition) is 0. The summed E-state index contributed by atoms with van der Waals surface area (Å²) in [6.07, 6.45) is -0.199. The van der Waals surface area contributed by atoms with Gasteiger partial charge in [0.2, 0.25) is 0 Å². The summed E-state index contributed by atoms with van der Waals surface area (Å²) in [7, 11) is 0. The molecule has 1 aliphatic heterocycles. The Morgan fingerprint density at radius 1 is 1.40 bits per heavy atom. The number of cyclic esters (lactones) is 1. The number of nitrogens with zero attached hydrogens (tertiary/aromatic N) is 1. The van der Waals surface area contributed by atoms with E-state index < -0.39 is 0 Å². The first-order chi connectivity index (χ1) is 7.16. The zero-order valence-corrected chi connectivity index (χ0v) is 9.12. The summed E-state index contributed by atoms with van der Waals surface area (Å²) in [6.45, 7) is 6.02. The van der Waals surface area contributed by atoms with Gasteiger partial charge in [0, 0.05) is 6.54 Å². The van der Waals surface area contributed by atoms with Crippen LogP contribution in [0, 0.1) is 13.8 Å². The van der Waals surface area contributed by atoms with Crippen LogP contribution in [0.4, 0.5) is 4.79 Å². The molecule has 3 heteroatoms. The summed E-state index contributed by atoms with van der Waals surface area (Å²) in [4.78, 5) is 13.0. The summed E-state index contributed by atoms with van der Waals surface area (Å²) < 4.78 is 4.89. The van der Waals surface area contributed by atoms with Crippen molar-refractivity contribution in [1.82, 2.24) is 4.90 Å². The fourth-order valence-electron chi connectivity index (χ4n) is 1.80. The van der Waals surface area contributed by atoms with Gasteiger partial charge in [-0.15, -0.1) is 0 Å². The van der Waals surface area contributed by atoms with Crippen molar-refractivity contribution in [3.05, 3.63) is 34.9 Å². The zero-order valence-electron chi connectivity index (χ0n) is 9.12. The Bertz CT molecular complexity index is 387. The average molecular weight is 205 g/mol. The van der Waals surface area contributed by atoms with Crippen LogP contribution in [0.25, 0.3) is 0 Å². The fraction of sp³-hybridized carbons (Fsp3) is 0.417. The molecule has 0 radical (unpaired) electrons. The Balaban J connectivity index is 2.13. The van der Waals surface area contributed by atoms with Gasteiger partial charge >= 0.3 is 6.09 Å². The van der Waals surface area contributed by atoms with Gasteiger partial charge < -0.3 is 9.64 Å². The van der Waals surface area contributed by atoms with Crippen LogP contribution < -0.4 is 0 Å². The van der Waals surface area contributed by atoms with Gasteiger partial charge in [0.1, 0.15) is 6.61 Å². The molecular weight excluding hydrogens is 190 g/mol. The molecule has 0 spiro atoms. The molecule has 0 bridgehead atoms. The topological polar surface area (TPSA) is 29.5 Å². The summed E-state index contributed by atoms with van der Waals surface area (Å²) >= 11 is 0. The minimum atomic E-state index is -0.199. The lowest BCUT2D eigenvalue weighted by Crippen LogP contribution is -2.23. The Hall–Kier alpha value is -1.51. The van der Waals surface area contributed by atoms with Gasteiger partial charge in [-0.1, -0.05) is 23.8 Å². The monoisotopic (exact) mass is 205 g/mol. The third-order valence-corrected chi connectivity index (χ3v) is 2.70. The highest BCUT2D eigenvalue weighted by Crippen LogP contribution is 2.15. The molecule has 0 saturated carbocycles. The molecule has 0 N–H and O–H groups in total. The highest BCUT2D eigenvalue weighted by Gasteiger charge is 2.22. The van der Waals surface area contributed by atoms with Gasteiger partial charge in [0.15, 0.2) is 0 Å². The average Bonchev–Trinajstić information content (AvgIpc) is 2.57. The van der Waals surface area contributed by atoms with E-state index in [9.17, 15) is 4.79 Å². The molecule has 0 atom stereocenters. The van der Waals surface area contributed by atoms with Gasteiger partial charge in [-0.3, -0.25) is 0 Å². The maximum Gasteiger partial charge on any atom is 0.410 e. The lowest BCUT2D eigenvalue weighted by atomic mass is 10.1. The highest BCUT2D eigenvalue weighted by molar-refractivity contribution is 5.69. The molecule has 80 valence electrons. The lowest BCUT2D eigenvalue weighted by Gasteiger charge is -2.14. The second-order valence-electron chi connectivity index (χ2n) is 3.97. The van der Waals surface area contributed by atoms with Gasteiger partial charge in [-0.2, -0.15) is 0 Å². The molecule has 3 nitrogen and oxygen atoms in total. The highest BCUT2D eigenvalue weighted by atomic mass is 16.6. The van der Waals surface area contributed by atoms with E-state index in [0.29, 0.717) is 19.7 Å². The molecular formula is C12H15NO2. The molecule has 2 rings (SSSR count). The predicted molar refractivity (Wildman–Crippen MR) is 57.7 cm³/mol. The molecule has 1 aromatic carbocycles. The number of aryl methyl sites for hydroxylation is 2. The largest absolute Gasteiger partial charge is 0.448 e. The molecule has 15 heavy (non-hydrogen) atoms. The van der Waals surface area contributed by atoms with Crippen LogP contribution in [0.5, 0.6) is 0 Å². The van der Waals surface area contributed by atoms with E-state index in [2.05, 4.69) is 32.0 Å². The first-order valence-electron chi connectivity index (χ1n) is 5.14. The van der Waals surface area contributed by atoms with Crippen molar-refractivity contribution in [2.75, 3.05) is 13.2 Å². The van der Waals surface area contributed by atoms with E-state index in [-0.39, 0.29) is 6.09 Å². The Labute approximate surface area is 89.7 Å². The number of ether oxygens (including phenoxy) is 1. The van der Waals surface area contributed by atoms with Crippen LogP contribution in [-0.4, -0.2) is 24.1 Å². The number of amides is 1. The summed E-state index contributed by atoms with van der Waals surface area (Å²) in [5.41, 5.74) is 3.68. The standard InChI is InChI=1S/C12H15NO2/c1-9-3-4-11(10(2)7-9)8-13-5-6-15-12(13)14/h3-4,7H,5-6,8H2,1-2H3. The summed E-state index contributed by atoms with van der Waals surface area (Å²) in [5, 5.41) is 0.